The lowest BCUT2D eigenvalue weighted by molar-refractivity contribution is -0.113. The van der Waals surface area contributed by atoms with Crippen LogP contribution < -0.4 is 5.32 Å². The number of anilines is 1. The minimum atomic E-state index is -0.0814. The largest absolute Gasteiger partial charge is 0.325 e. The molecule has 0 saturated carbocycles. The van der Waals surface area contributed by atoms with Gasteiger partial charge in [-0.25, -0.2) is 4.98 Å². The van der Waals surface area contributed by atoms with E-state index in [1.165, 1.54) is 35.0 Å². The molecule has 3 heterocycles. The van der Waals surface area contributed by atoms with Gasteiger partial charge >= 0.3 is 0 Å². The highest BCUT2D eigenvalue weighted by atomic mass is 32.2. The van der Waals surface area contributed by atoms with Crippen molar-refractivity contribution in [2.45, 2.75) is 30.8 Å². The maximum Gasteiger partial charge on any atom is 0.234 e. The number of thioether (sulfide) groups is 1. The summed E-state index contributed by atoms with van der Waals surface area (Å²) in [5.41, 5.74) is 5.10. The van der Waals surface area contributed by atoms with Crippen molar-refractivity contribution < 1.29 is 4.79 Å². The summed E-state index contributed by atoms with van der Waals surface area (Å²) in [6.45, 7) is 0. The molecule has 0 fully saturated rings. The highest BCUT2D eigenvalue weighted by Crippen LogP contribution is 2.37. The zero-order chi connectivity index (χ0) is 22.2. The number of benzene rings is 2. The highest BCUT2D eigenvalue weighted by molar-refractivity contribution is 7.99. The van der Waals surface area contributed by atoms with Crippen LogP contribution in [0.15, 0.2) is 66.1 Å². The molecule has 8 heteroatoms. The summed E-state index contributed by atoms with van der Waals surface area (Å²) in [6.07, 6.45) is 6.44. The van der Waals surface area contributed by atoms with Gasteiger partial charge in [0.05, 0.1) is 11.1 Å². The number of hydrogen-bond donors (Lipinski definition) is 1. The van der Waals surface area contributed by atoms with E-state index in [1.807, 2.05) is 59.0 Å². The molecule has 5 aromatic rings. The molecule has 1 aliphatic carbocycles. The van der Waals surface area contributed by atoms with Gasteiger partial charge in [0, 0.05) is 16.1 Å². The molecule has 0 bridgehead atoms. The van der Waals surface area contributed by atoms with Gasteiger partial charge in [-0.2, -0.15) is 0 Å². The fraction of sp³-hybridized carbons (Fsp3) is 0.200. The molecule has 3 aromatic heterocycles. The Morgan fingerprint density at radius 1 is 1.03 bits per heavy atom. The molecule has 0 aliphatic heterocycles. The van der Waals surface area contributed by atoms with E-state index in [0.717, 1.165) is 45.5 Å². The number of carbonyl (C=O) groups is 1. The van der Waals surface area contributed by atoms with Crippen molar-refractivity contribution in [2.24, 2.45) is 0 Å². The van der Waals surface area contributed by atoms with E-state index in [1.54, 1.807) is 17.7 Å². The Kier molecular flexibility index (Phi) is 5.32. The third-order valence-corrected chi connectivity index (χ3v) is 8.09. The number of hydrogen-bond acceptors (Lipinski definition) is 6. The first kappa shape index (κ1) is 20.4. The third-order valence-electron chi connectivity index (χ3n) is 5.95. The summed E-state index contributed by atoms with van der Waals surface area (Å²) in [5.74, 6) is 0.158. The Bertz CT molecular complexity index is 1470. The zero-order valence-electron chi connectivity index (χ0n) is 17.8. The molecule has 0 atom stereocenters. The predicted molar refractivity (Wildman–Crippen MR) is 134 cm³/mol. The van der Waals surface area contributed by atoms with Gasteiger partial charge < -0.3 is 5.32 Å². The lowest BCUT2D eigenvalue weighted by atomic mass is 9.97. The molecule has 0 radical (unpaired) electrons. The normalized spacial score (nSPS) is 13.3. The molecule has 6 nitrogen and oxygen atoms in total. The van der Waals surface area contributed by atoms with Crippen LogP contribution in [0, 0.1) is 0 Å². The van der Waals surface area contributed by atoms with E-state index in [4.69, 9.17) is 0 Å². The second kappa shape index (κ2) is 8.61. The molecule has 1 aliphatic rings. The molecule has 164 valence electrons. The van der Waals surface area contributed by atoms with Crippen molar-refractivity contribution in [2.75, 3.05) is 11.1 Å². The summed E-state index contributed by atoms with van der Waals surface area (Å²) >= 11 is 3.15. The number of nitrogens with zero attached hydrogens (tertiary/aromatic N) is 4. The van der Waals surface area contributed by atoms with E-state index in [0.29, 0.717) is 5.16 Å². The van der Waals surface area contributed by atoms with E-state index < -0.39 is 0 Å². The highest BCUT2D eigenvalue weighted by Gasteiger charge is 2.21. The minimum Gasteiger partial charge on any atom is -0.325 e. The quantitative estimate of drug-likeness (QED) is 0.337. The number of aryl methyl sites for hydroxylation is 2. The number of carbonyl (C=O) groups excluding carboxylic acids is 1. The molecule has 6 rings (SSSR count). The van der Waals surface area contributed by atoms with Gasteiger partial charge in [-0.3, -0.25) is 9.20 Å². The van der Waals surface area contributed by atoms with Gasteiger partial charge in [-0.15, -0.1) is 21.5 Å². The fourth-order valence-corrected chi connectivity index (χ4v) is 6.34. The number of fused-ring (bicyclic) bond motifs is 5. The molecule has 1 amide bonds. The van der Waals surface area contributed by atoms with Gasteiger partial charge in [0.15, 0.2) is 10.8 Å². The van der Waals surface area contributed by atoms with Crippen LogP contribution in [0.3, 0.4) is 0 Å². The SMILES string of the molecule is O=C(CSc1nnc2c3c4c(sc3ncn12)CCCC4)Nc1ccccc1-c1ccccc1. The fourth-order valence-electron chi connectivity index (χ4n) is 4.41. The Morgan fingerprint density at radius 3 is 2.76 bits per heavy atom. The first-order chi connectivity index (χ1) is 16.3. The van der Waals surface area contributed by atoms with Crippen LogP contribution in [0.4, 0.5) is 5.69 Å². The summed E-state index contributed by atoms with van der Waals surface area (Å²) < 4.78 is 1.92. The number of amides is 1. The minimum absolute atomic E-state index is 0.0814. The number of para-hydroxylation sites is 1. The summed E-state index contributed by atoms with van der Waals surface area (Å²) in [5, 5.41) is 13.7. The monoisotopic (exact) mass is 471 g/mol. The van der Waals surface area contributed by atoms with E-state index in [2.05, 4.69) is 20.5 Å². The Hall–Kier alpha value is -3.23. The molecule has 0 spiro atoms. The first-order valence-corrected chi connectivity index (χ1v) is 12.8. The van der Waals surface area contributed by atoms with Crippen molar-refractivity contribution >= 4 is 50.6 Å². The van der Waals surface area contributed by atoms with E-state index >= 15 is 0 Å². The summed E-state index contributed by atoms with van der Waals surface area (Å²) in [4.78, 5) is 19.9. The van der Waals surface area contributed by atoms with Crippen LogP contribution in [0.1, 0.15) is 23.3 Å². The lowest BCUT2D eigenvalue weighted by Gasteiger charge is -2.11. The molecular weight excluding hydrogens is 450 g/mol. The Labute approximate surface area is 199 Å². The number of nitrogens with one attached hydrogen (secondary N) is 1. The maximum absolute atomic E-state index is 12.8. The maximum atomic E-state index is 12.8. The second-order valence-corrected chi connectivity index (χ2v) is 10.1. The van der Waals surface area contributed by atoms with Crippen LogP contribution in [0.25, 0.3) is 27.0 Å². The van der Waals surface area contributed by atoms with Gasteiger partial charge in [-0.1, -0.05) is 60.3 Å². The van der Waals surface area contributed by atoms with Crippen molar-refractivity contribution in [3.05, 3.63) is 71.4 Å². The topological polar surface area (TPSA) is 72.2 Å². The van der Waals surface area contributed by atoms with Crippen LogP contribution in [0.5, 0.6) is 0 Å². The molecule has 33 heavy (non-hydrogen) atoms. The smallest absolute Gasteiger partial charge is 0.234 e. The second-order valence-electron chi connectivity index (χ2n) is 8.06. The van der Waals surface area contributed by atoms with Crippen molar-refractivity contribution in [3.8, 4) is 11.1 Å². The van der Waals surface area contributed by atoms with Crippen molar-refractivity contribution in [1.82, 2.24) is 19.6 Å². The molecule has 0 saturated heterocycles. The lowest BCUT2D eigenvalue weighted by Crippen LogP contribution is -2.15. The number of rotatable bonds is 5. The first-order valence-electron chi connectivity index (χ1n) is 11.0. The van der Waals surface area contributed by atoms with Crippen LogP contribution >= 0.6 is 23.1 Å². The number of aromatic nitrogens is 4. The summed E-state index contributed by atoms with van der Waals surface area (Å²) in [7, 11) is 0. The van der Waals surface area contributed by atoms with E-state index in [-0.39, 0.29) is 11.7 Å². The zero-order valence-corrected chi connectivity index (χ0v) is 19.5. The van der Waals surface area contributed by atoms with Gasteiger partial charge in [0.2, 0.25) is 5.91 Å². The standard InChI is InChI=1S/C25H21N5OS2/c31-21(27-19-12-6-4-10-17(19)16-8-2-1-3-9-16)14-32-25-29-28-23-22-18-11-5-7-13-20(18)33-24(22)26-15-30(23)25/h1-4,6,8-10,12,15H,5,7,11,13-14H2,(H,27,31). The van der Waals surface area contributed by atoms with Crippen LogP contribution in [-0.4, -0.2) is 31.2 Å². The van der Waals surface area contributed by atoms with Crippen molar-refractivity contribution in [1.29, 1.82) is 0 Å². The van der Waals surface area contributed by atoms with Crippen LogP contribution in [-0.2, 0) is 17.6 Å². The number of thiophene rings is 1. The van der Waals surface area contributed by atoms with Crippen molar-refractivity contribution in [3.63, 3.8) is 0 Å². The van der Waals surface area contributed by atoms with Gasteiger partial charge in [0.1, 0.15) is 11.2 Å². The Balaban J connectivity index is 1.22. The molecule has 1 N–H and O–H groups in total. The molecule has 2 aromatic carbocycles. The van der Waals surface area contributed by atoms with E-state index in [9.17, 15) is 4.79 Å². The van der Waals surface area contributed by atoms with Crippen LogP contribution in [0.2, 0.25) is 0 Å². The third kappa shape index (κ3) is 3.79. The predicted octanol–water partition coefficient (Wildman–Crippen LogP) is 5.62. The average Bonchev–Trinajstić information content (AvgIpc) is 3.44. The molecule has 0 unspecified atom stereocenters. The van der Waals surface area contributed by atoms with Gasteiger partial charge in [-0.05, 0) is 42.9 Å². The Morgan fingerprint density at radius 2 is 1.85 bits per heavy atom. The summed E-state index contributed by atoms with van der Waals surface area (Å²) in [6, 6.07) is 17.9. The average molecular weight is 472 g/mol. The molecular formula is C25H21N5OS2. The van der Waals surface area contributed by atoms with Gasteiger partial charge in [0.25, 0.3) is 0 Å².